The quantitative estimate of drug-likeness (QED) is 0.726. The van der Waals surface area contributed by atoms with E-state index >= 15 is 0 Å². The van der Waals surface area contributed by atoms with Crippen LogP contribution in [0.25, 0.3) is 0 Å². The van der Waals surface area contributed by atoms with E-state index in [1.165, 1.54) is 30.3 Å². The fraction of sp³-hybridized carbons (Fsp3) is 0.200. The number of benzene rings is 2. The van der Waals surface area contributed by atoms with Crippen molar-refractivity contribution in [1.82, 2.24) is 0 Å². The monoisotopic (exact) mass is 308 g/mol. The fourth-order valence-corrected chi connectivity index (χ4v) is 3.73. The fourth-order valence-electron chi connectivity index (χ4n) is 2.19. The van der Waals surface area contributed by atoms with Crippen molar-refractivity contribution in [3.8, 4) is 17.2 Å². The number of sulfone groups is 1. The summed E-state index contributed by atoms with van der Waals surface area (Å²) >= 11 is 0. The third kappa shape index (κ3) is 2.25. The summed E-state index contributed by atoms with van der Waals surface area (Å²) in [5.74, 6) is -0.185. The van der Waals surface area contributed by atoms with E-state index in [0.717, 1.165) is 6.07 Å². The average Bonchev–Trinajstić information content (AvgIpc) is 2.36. The van der Waals surface area contributed by atoms with E-state index in [-0.39, 0.29) is 22.5 Å². The van der Waals surface area contributed by atoms with Gasteiger partial charge in [-0.3, -0.25) is 0 Å². The van der Waals surface area contributed by atoms with Crippen LogP contribution in [0, 0.1) is 5.82 Å². The first kappa shape index (κ1) is 13.9. The van der Waals surface area contributed by atoms with Crippen molar-refractivity contribution in [2.24, 2.45) is 0 Å². The molecule has 6 heteroatoms. The molecule has 0 unspecified atom stereocenters. The minimum Gasteiger partial charge on any atom is -0.491 e. The van der Waals surface area contributed by atoms with Crippen molar-refractivity contribution < 1.29 is 22.3 Å². The minimum absolute atomic E-state index is 0.0100. The van der Waals surface area contributed by atoms with Crippen molar-refractivity contribution >= 4 is 9.84 Å². The molecule has 0 saturated carbocycles. The summed E-state index contributed by atoms with van der Waals surface area (Å²) in [6.07, 6.45) is -0.0482. The van der Waals surface area contributed by atoms with Crippen LogP contribution in [0.2, 0.25) is 0 Å². The van der Waals surface area contributed by atoms with Crippen LogP contribution in [0.3, 0.4) is 0 Å². The summed E-state index contributed by atoms with van der Waals surface area (Å²) in [7, 11) is -3.93. The lowest BCUT2D eigenvalue weighted by molar-refractivity contribution is 0.241. The Kier molecular flexibility index (Phi) is 3.13. The van der Waals surface area contributed by atoms with E-state index in [1.54, 1.807) is 0 Å². The Hall–Kier alpha value is -2.08. The summed E-state index contributed by atoms with van der Waals surface area (Å²) in [4.78, 5) is -0.480. The molecule has 21 heavy (non-hydrogen) atoms. The van der Waals surface area contributed by atoms with Gasteiger partial charge in [-0.1, -0.05) is 6.07 Å². The highest BCUT2D eigenvalue weighted by atomic mass is 32.2. The number of halogens is 1. The summed E-state index contributed by atoms with van der Waals surface area (Å²) in [6, 6.07) is 8.34. The van der Waals surface area contributed by atoms with Gasteiger partial charge in [-0.25, -0.2) is 12.8 Å². The van der Waals surface area contributed by atoms with Gasteiger partial charge in [0.1, 0.15) is 32.9 Å². The predicted molar refractivity (Wildman–Crippen MR) is 74.1 cm³/mol. The molecule has 0 aliphatic carbocycles. The highest BCUT2D eigenvalue weighted by Crippen LogP contribution is 2.44. The van der Waals surface area contributed by atoms with E-state index in [0.29, 0.717) is 5.75 Å². The third-order valence-corrected chi connectivity index (χ3v) is 4.85. The second kappa shape index (κ2) is 4.73. The molecule has 110 valence electrons. The van der Waals surface area contributed by atoms with E-state index in [2.05, 4.69) is 0 Å². The highest BCUT2D eigenvalue weighted by molar-refractivity contribution is 7.91. The Morgan fingerprint density at radius 1 is 1.14 bits per heavy atom. The standard InChI is InChI=1S/C15H13FO4S/c1-9(2)19-10-6-7-14-13(8-10)20-12-5-3-4-11(16)15(12)21(14,17)18/h3-9H,1-2H3. The molecule has 3 rings (SSSR count). The molecule has 1 aliphatic rings. The Morgan fingerprint density at radius 3 is 2.62 bits per heavy atom. The van der Waals surface area contributed by atoms with Crippen LogP contribution in [0.1, 0.15) is 13.8 Å². The largest absolute Gasteiger partial charge is 0.491 e. The lowest BCUT2D eigenvalue weighted by Crippen LogP contribution is -2.13. The molecular weight excluding hydrogens is 295 g/mol. The van der Waals surface area contributed by atoms with Gasteiger partial charge in [0, 0.05) is 6.07 Å². The van der Waals surface area contributed by atoms with Crippen molar-refractivity contribution in [1.29, 1.82) is 0 Å². The van der Waals surface area contributed by atoms with E-state index in [4.69, 9.17) is 9.47 Å². The molecule has 1 aliphatic heterocycles. The molecule has 0 aromatic heterocycles. The smallest absolute Gasteiger partial charge is 0.216 e. The summed E-state index contributed by atoms with van der Waals surface area (Å²) in [5.41, 5.74) is 0. The molecule has 0 radical (unpaired) electrons. The molecule has 0 bridgehead atoms. The maximum Gasteiger partial charge on any atom is 0.216 e. The molecule has 2 aromatic carbocycles. The van der Waals surface area contributed by atoms with Gasteiger partial charge in [-0.05, 0) is 38.1 Å². The Labute approximate surface area is 122 Å². The van der Waals surface area contributed by atoms with Crippen molar-refractivity contribution in [2.45, 2.75) is 29.7 Å². The maximum atomic E-state index is 13.8. The normalized spacial score (nSPS) is 15.0. The van der Waals surface area contributed by atoms with Crippen molar-refractivity contribution in [3.05, 3.63) is 42.2 Å². The zero-order valence-corrected chi connectivity index (χ0v) is 12.3. The number of fused-ring (bicyclic) bond motifs is 2. The van der Waals surface area contributed by atoms with Gasteiger partial charge in [0.05, 0.1) is 6.10 Å². The highest BCUT2D eigenvalue weighted by Gasteiger charge is 2.34. The molecule has 0 N–H and O–H groups in total. The van der Waals surface area contributed by atoms with E-state index < -0.39 is 20.5 Å². The maximum absolute atomic E-state index is 13.8. The molecular formula is C15H13FO4S. The zero-order chi connectivity index (χ0) is 15.2. The third-order valence-electron chi connectivity index (χ3n) is 3.00. The lowest BCUT2D eigenvalue weighted by Gasteiger charge is -2.21. The van der Waals surface area contributed by atoms with Crippen LogP contribution in [0.4, 0.5) is 4.39 Å². The molecule has 2 aromatic rings. The molecule has 4 nitrogen and oxygen atoms in total. The number of ether oxygens (including phenoxy) is 2. The zero-order valence-electron chi connectivity index (χ0n) is 11.5. The number of rotatable bonds is 2. The Balaban J connectivity index is 2.17. The molecule has 0 atom stereocenters. The SMILES string of the molecule is CC(C)Oc1ccc2c(c1)Oc1cccc(F)c1S2(=O)=O. The Morgan fingerprint density at radius 2 is 1.90 bits per heavy atom. The molecule has 0 saturated heterocycles. The summed E-state index contributed by atoms with van der Waals surface area (Å²) in [6.45, 7) is 3.73. The molecule has 1 heterocycles. The van der Waals surface area contributed by atoms with E-state index in [9.17, 15) is 12.8 Å². The van der Waals surface area contributed by atoms with E-state index in [1.807, 2.05) is 13.8 Å². The first-order valence-electron chi connectivity index (χ1n) is 6.42. The van der Waals surface area contributed by atoms with Gasteiger partial charge in [-0.15, -0.1) is 0 Å². The van der Waals surface area contributed by atoms with Crippen LogP contribution < -0.4 is 9.47 Å². The minimum atomic E-state index is -3.93. The molecule has 0 spiro atoms. The van der Waals surface area contributed by atoms with Gasteiger partial charge >= 0.3 is 0 Å². The van der Waals surface area contributed by atoms with Gasteiger partial charge in [0.2, 0.25) is 9.84 Å². The lowest BCUT2D eigenvalue weighted by atomic mass is 10.3. The second-order valence-electron chi connectivity index (χ2n) is 4.95. The summed E-state index contributed by atoms with van der Waals surface area (Å²) in [5, 5.41) is 0. The van der Waals surface area contributed by atoms with Crippen molar-refractivity contribution in [2.75, 3.05) is 0 Å². The Bertz CT molecular complexity index is 812. The average molecular weight is 308 g/mol. The van der Waals surface area contributed by atoms with Crippen molar-refractivity contribution in [3.63, 3.8) is 0 Å². The second-order valence-corrected chi connectivity index (χ2v) is 6.80. The number of hydrogen-bond donors (Lipinski definition) is 0. The first-order valence-corrected chi connectivity index (χ1v) is 7.90. The predicted octanol–water partition coefficient (Wildman–Crippen LogP) is 3.55. The van der Waals surface area contributed by atoms with Gasteiger partial charge in [-0.2, -0.15) is 0 Å². The van der Waals surface area contributed by atoms with Crippen LogP contribution in [0.5, 0.6) is 17.2 Å². The first-order chi connectivity index (χ1) is 9.89. The topological polar surface area (TPSA) is 52.6 Å². The van der Waals surface area contributed by atoms with Gasteiger partial charge < -0.3 is 9.47 Å². The van der Waals surface area contributed by atoms with Crippen LogP contribution in [-0.2, 0) is 9.84 Å². The van der Waals surface area contributed by atoms with Gasteiger partial charge in [0.15, 0.2) is 0 Å². The summed E-state index contributed by atoms with van der Waals surface area (Å²) < 4.78 is 49.8. The van der Waals surface area contributed by atoms with Crippen LogP contribution >= 0.6 is 0 Å². The molecule has 0 amide bonds. The molecule has 0 fully saturated rings. The number of hydrogen-bond acceptors (Lipinski definition) is 4. The van der Waals surface area contributed by atoms with Gasteiger partial charge in [0.25, 0.3) is 0 Å². The van der Waals surface area contributed by atoms with Crippen LogP contribution in [0.15, 0.2) is 46.2 Å². The van der Waals surface area contributed by atoms with Crippen LogP contribution in [-0.4, -0.2) is 14.5 Å².